The number of carbonyl (C=O) groups excluding carboxylic acids is 1. The van der Waals surface area contributed by atoms with E-state index in [1.54, 1.807) is 0 Å². The molecule has 0 aromatic rings. The zero-order valence-corrected chi connectivity index (χ0v) is 9.68. The van der Waals surface area contributed by atoms with Gasteiger partial charge in [-0.05, 0) is 31.1 Å². The van der Waals surface area contributed by atoms with Crippen molar-refractivity contribution in [3.05, 3.63) is 12.7 Å². The standard InChI is InChI=1S/C13H22O/c1-5-7-13(4)8-6-11(10(2)3)9-12(13)14/h5,10-11H,1,6-9H2,2-4H3/t11-,13-/m0/s1. The summed E-state index contributed by atoms with van der Waals surface area (Å²) in [7, 11) is 0. The Balaban J connectivity index is 2.64. The van der Waals surface area contributed by atoms with Crippen LogP contribution in [0, 0.1) is 17.3 Å². The summed E-state index contributed by atoms with van der Waals surface area (Å²) in [6.07, 6.45) is 5.75. The molecule has 1 aliphatic carbocycles. The van der Waals surface area contributed by atoms with Crippen LogP contribution in [-0.4, -0.2) is 5.78 Å². The summed E-state index contributed by atoms with van der Waals surface area (Å²) in [5.74, 6) is 1.70. The Bertz CT molecular complexity index is 229. The Morgan fingerprint density at radius 3 is 2.71 bits per heavy atom. The lowest BCUT2D eigenvalue weighted by atomic mass is 9.67. The largest absolute Gasteiger partial charge is 0.299 e. The fourth-order valence-electron chi connectivity index (χ4n) is 2.33. The Labute approximate surface area is 87.6 Å². The third kappa shape index (κ3) is 2.26. The van der Waals surface area contributed by atoms with Gasteiger partial charge in [-0.2, -0.15) is 0 Å². The van der Waals surface area contributed by atoms with Gasteiger partial charge in [-0.1, -0.05) is 26.8 Å². The molecule has 0 spiro atoms. The van der Waals surface area contributed by atoms with Crippen LogP contribution in [0.4, 0.5) is 0 Å². The maximum absolute atomic E-state index is 12.0. The molecule has 80 valence electrons. The lowest BCUT2D eigenvalue weighted by Crippen LogP contribution is -2.35. The summed E-state index contributed by atoms with van der Waals surface area (Å²) >= 11 is 0. The predicted octanol–water partition coefficient (Wildman–Crippen LogP) is 3.59. The van der Waals surface area contributed by atoms with Gasteiger partial charge in [0.25, 0.3) is 0 Å². The van der Waals surface area contributed by atoms with Crippen molar-refractivity contribution in [1.29, 1.82) is 0 Å². The van der Waals surface area contributed by atoms with Crippen LogP contribution in [0.1, 0.15) is 46.5 Å². The van der Waals surface area contributed by atoms with Crippen molar-refractivity contribution in [2.45, 2.75) is 46.5 Å². The highest BCUT2D eigenvalue weighted by atomic mass is 16.1. The van der Waals surface area contributed by atoms with Crippen LogP contribution in [0.15, 0.2) is 12.7 Å². The molecule has 0 aromatic carbocycles. The van der Waals surface area contributed by atoms with Crippen molar-refractivity contribution in [2.75, 3.05) is 0 Å². The van der Waals surface area contributed by atoms with E-state index < -0.39 is 0 Å². The van der Waals surface area contributed by atoms with E-state index in [0.717, 1.165) is 19.3 Å². The molecule has 0 heterocycles. The fraction of sp³-hybridized carbons (Fsp3) is 0.769. The van der Waals surface area contributed by atoms with Gasteiger partial charge in [-0.25, -0.2) is 0 Å². The molecule has 0 radical (unpaired) electrons. The highest BCUT2D eigenvalue weighted by molar-refractivity contribution is 5.85. The van der Waals surface area contributed by atoms with Gasteiger partial charge in [0.1, 0.15) is 5.78 Å². The fourth-order valence-corrected chi connectivity index (χ4v) is 2.33. The van der Waals surface area contributed by atoms with Crippen LogP contribution in [0.25, 0.3) is 0 Å². The highest BCUT2D eigenvalue weighted by Crippen LogP contribution is 2.40. The minimum Gasteiger partial charge on any atom is -0.299 e. The lowest BCUT2D eigenvalue weighted by molar-refractivity contribution is -0.132. The minimum atomic E-state index is -0.104. The van der Waals surface area contributed by atoms with Gasteiger partial charge >= 0.3 is 0 Å². The van der Waals surface area contributed by atoms with Gasteiger partial charge in [0.05, 0.1) is 0 Å². The van der Waals surface area contributed by atoms with Crippen molar-refractivity contribution in [1.82, 2.24) is 0 Å². The SMILES string of the molecule is C=CC[C@@]1(C)CC[C@H](C(C)C)CC1=O. The Hall–Kier alpha value is -0.590. The average Bonchev–Trinajstić information content (AvgIpc) is 2.10. The first-order valence-corrected chi connectivity index (χ1v) is 5.64. The monoisotopic (exact) mass is 194 g/mol. The molecular formula is C13H22O. The Kier molecular flexibility index (Phi) is 3.52. The maximum Gasteiger partial charge on any atom is 0.139 e. The maximum atomic E-state index is 12.0. The number of ketones is 1. The number of carbonyl (C=O) groups is 1. The normalized spacial score (nSPS) is 33.4. The molecule has 1 rings (SSSR count). The van der Waals surface area contributed by atoms with Gasteiger partial charge in [-0.15, -0.1) is 6.58 Å². The third-order valence-electron chi connectivity index (χ3n) is 3.73. The van der Waals surface area contributed by atoms with E-state index in [9.17, 15) is 4.79 Å². The molecule has 0 aliphatic heterocycles. The van der Waals surface area contributed by atoms with Gasteiger partial charge in [-0.3, -0.25) is 4.79 Å². The third-order valence-corrected chi connectivity index (χ3v) is 3.73. The van der Waals surface area contributed by atoms with Crippen molar-refractivity contribution in [3.8, 4) is 0 Å². The van der Waals surface area contributed by atoms with Crippen molar-refractivity contribution >= 4 is 5.78 Å². The molecule has 1 aliphatic rings. The zero-order valence-electron chi connectivity index (χ0n) is 9.68. The second-order valence-corrected chi connectivity index (χ2v) is 5.22. The second-order valence-electron chi connectivity index (χ2n) is 5.22. The van der Waals surface area contributed by atoms with Crippen LogP contribution >= 0.6 is 0 Å². The van der Waals surface area contributed by atoms with Gasteiger partial charge < -0.3 is 0 Å². The molecule has 1 heteroatoms. The molecule has 0 amide bonds. The summed E-state index contributed by atoms with van der Waals surface area (Å²) < 4.78 is 0. The molecule has 2 atom stereocenters. The average molecular weight is 194 g/mol. The first-order valence-electron chi connectivity index (χ1n) is 5.64. The molecule has 0 saturated heterocycles. The first kappa shape index (κ1) is 11.5. The molecule has 1 nitrogen and oxygen atoms in total. The van der Waals surface area contributed by atoms with E-state index >= 15 is 0 Å². The van der Waals surface area contributed by atoms with Crippen LogP contribution in [-0.2, 0) is 4.79 Å². The first-order chi connectivity index (χ1) is 6.49. The van der Waals surface area contributed by atoms with E-state index in [0.29, 0.717) is 17.6 Å². The number of allylic oxidation sites excluding steroid dienone is 1. The van der Waals surface area contributed by atoms with Crippen LogP contribution in [0.5, 0.6) is 0 Å². The van der Waals surface area contributed by atoms with E-state index in [1.165, 1.54) is 6.42 Å². The Morgan fingerprint density at radius 2 is 2.29 bits per heavy atom. The summed E-state index contributed by atoms with van der Waals surface area (Å²) in [5, 5.41) is 0. The van der Waals surface area contributed by atoms with Gasteiger partial charge in [0.15, 0.2) is 0 Å². The number of Topliss-reactive ketones (excluding diaryl/α,β-unsaturated/α-hetero) is 1. The summed E-state index contributed by atoms with van der Waals surface area (Å²) in [4.78, 5) is 12.0. The smallest absolute Gasteiger partial charge is 0.139 e. The molecule has 0 N–H and O–H groups in total. The predicted molar refractivity (Wildman–Crippen MR) is 60.1 cm³/mol. The molecule has 0 unspecified atom stereocenters. The number of hydrogen-bond acceptors (Lipinski definition) is 1. The number of hydrogen-bond donors (Lipinski definition) is 0. The quantitative estimate of drug-likeness (QED) is 0.627. The van der Waals surface area contributed by atoms with E-state index in [-0.39, 0.29) is 5.41 Å². The van der Waals surface area contributed by atoms with Crippen LogP contribution in [0.2, 0.25) is 0 Å². The topological polar surface area (TPSA) is 17.1 Å². The molecule has 1 fully saturated rings. The molecule has 0 bridgehead atoms. The summed E-state index contributed by atoms with van der Waals surface area (Å²) in [6, 6.07) is 0. The lowest BCUT2D eigenvalue weighted by Gasteiger charge is -2.36. The van der Waals surface area contributed by atoms with E-state index in [1.807, 2.05) is 6.08 Å². The van der Waals surface area contributed by atoms with Crippen molar-refractivity contribution < 1.29 is 4.79 Å². The van der Waals surface area contributed by atoms with Gasteiger partial charge in [0.2, 0.25) is 0 Å². The number of rotatable bonds is 3. The summed E-state index contributed by atoms with van der Waals surface area (Å²) in [6.45, 7) is 10.3. The van der Waals surface area contributed by atoms with Crippen LogP contribution < -0.4 is 0 Å². The molecule has 1 saturated carbocycles. The molecule has 14 heavy (non-hydrogen) atoms. The molecular weight excluding hydrogens is 172 g/mol. The van der Waals surface area contributed by atoms with Crippen LogP contribution in [0.3, 0.4) is 0 Å². The highest BCUT2D eigenvalue weighted by Gasteiger charge is 2.38. The van der Waals surface area contributed by atoms with Crippen molar-refractivity contribution in [2.24, 2.45) is 17.3 Å². The second kappa shape index (κ2) is 4.29. The molecule has 0 aromatic heterocycles. The van der Waals surface area contributed by atoms with Gasteiger partial charge in [0, 0.05) is 11.8 Å². The Morgan fingerprint density at radius 1 is 1.64 bits per heavy atom. The summed E-state index contributed by atoms with van der Waals surface area (Å²) in [5.41, 5.74) is -0.104. The van der Waals surface area contributed by atoms with Crippen molar-refractivity contribution in [3.63, 3.8) is 0 Å². The van der Waals surface area contributed by atoms with E-state index in [2.05, 4.69) is 27.4 Å². The van der Waals surface area contributed by atoms with E-state index in [4.69, 9.17) is 0 Å². The minimum absolute atomic E-state index is 0.104. The zero-order chi connectivity index (χ0) is 10.8.